The van der Waals surface area contributed by atoms with E-state index in [-0.39, 0.29) is 18.1 Å². The second-order valence-corrected chi connectivity index (χ2v) is 5.98. The van der Waals surface area contributed by atoms with Gasteiger partial charge in [0.2, 0.25) is 5.91 Å². The number of benzene rings is 1. The number of hydrogen-bond donors (Lipinski definition) is 2. The Balaban J connectivity index is 1.82. The minimum Gasteiger partial charge on any atom is -0.397 e. The molecule has 0 spiro atoms. The number of nitrogens with zero attached hydrogens (tertiary/aromatic N) is 1. The zero-order chi connectivity index (χ0) is 15.4. The summed E-state index contributed by atoms with van der Waals surface area (Å²) < 4.78 is 5.67. The van der Waals surface area contributed by atoms with Gasteiger partial charge in [-0.3, -0.25) is 9.69 Å². The van der Waals surface area contributed by atoms with Crippen LogP contribution in [0.15, 0.2) is 18.2 Å². The highest BCUT2D eigenvalue weighted by atomic mass is 35.5. The van der Waals surface area contributed by atoms with E-state index in [1.165, 1.54) is 0 Å². The van der Waals surface area contributed by atoms with Crippen LogP contribution in [0.2, 0.25) is 5.02 Å². The molecule has 3 N–H and O–H groups in total. The normalized spacial score (nSPS) is 23.0. The predicted molar refractivity (Wildman–Crippen MR) is 85.6 cm³/mol. The lowest BCUT2D eigenvalue weighted by Gasteiger charge is -2.35. The van der Waals surface area contributed by atoms with Crippen molar-refractivity contribution in [3.8, 4) is 0 Å². The summed E-state index contributed by atoms with van der Waals surface area (Å²) >= 11 is 5.83. The standard InChI is InChI=1S/C15H22ClN3O2/c1-10-8-19(9-11(2)21-10)6-5-15(20)18-14-4-3-12(16)7-13(14)17/h3-4,7,10-11H,5-6,8-9,17H2,1-2H3,(H,18,20). The summed E-state index contributed by atoms with van der Waals surface area (Å²) in [5, 5.41) is 3.38. The van der Waals surface area contributed by atoms with Crippen LogP contribution in [0.25, 0.3) is 0 Å². The van der Waals surface area contributed by atoms with Crippen LogP contribution in [-0.2, 0) is 9.53 Å². The average molecular weight is 312 g/mol. The first-order valence-electron chi connectivity index (χ1n) is 7.16. The second kappa shape index (κ2) is 7.11. The lowest BCUT2D eigenvalue weighted by Crippen LogP contribution is -2.46. The first kappa shape index (κ1) is 16.1. The topological polar surface area (TPSA) is 67.6 Å². The van der Waals surface area contributed by atoms with Gasteiger partial charge in [0.05, 0.1) is 23.6 Å². The zero-order valence-corrected chi connectivity index (χ0v) is 13.2. The molecule has 1 aliphatic heterocycles. The molecule has 116 valence electrons. The van der Waals surface area contributed by atoms with Gasteiger partial charge in [0, 0.05) is 31.1 Å². The van der Waals surface area contributed by atoms with Crippen molar-refractivity contribution in [1.29, 1.82) is 0 Å². The van der Waals surface area contributed by atoms with Gasteiger partial charge in [-0.1, -0.05) is 11.6 Å². The first-order valence-corrected chi connectivity index (χ1v) is 7.54. The average Bonchev–Trinajstić information content (AvgIpc) is 2.39. The smallest absolute Gasteiger partial charge is 0.225 e. The Hall–Kier alpha value is -1.30. The Morgan fingerprint density at radius 1 is 1.43 bits per heavy atom. The van der Waals surface area contributed by atoms with Gasteiger partial charge in [-0.05, 0) is 32.0 Å². The number of hydrogen-bond acceptors (Lipinski definition) is 4. The maximum absolute atomic E-state index is 12.0. The van der Waals surface area contributed by atoms with Gasteiger partial charge >= 0.3 is 0 Å². The Morgan fingerprint density at radius 2 is 2.10 bits per heavy atom. The number of amides is 1. The molecule has 21 heavy (non-hydrogen) atoms. The zero-order valence-electron chi connectivity index (χ0n) is 12.4. The molecule has 0 saturated carbocycles. The molecule has 2 atom stereocenters. The van der Waals surface area contributed by atoms with Crippen molar-refractivity contribution in [1.82, 2.24) is 4.90 Å². The summed E-state index contributed by atoms with van der Waals surface area (Å²) in [5.74, 6) is -0.0455. The molecule has 0 radical (unpaired) electrons. The van der Waals surface area contributed by atoms with Crippen molar-refractivity contribution >= 4 is 28.9 Å². The fraction of sp³-hybridized carbons (Fsp3) is 0.533. The predicted octanol–water partition coefficient (Wildman–Crippen LogP) is 2.36. The van der Waals surface area contributed by atoms with Gasteiger partial charge in [0.15, 0.2) is 0 Å². The quantitative estimate of drug-likeness (QED) is 0.838. The van der Waals surface area contributed by atoms with Crippen molar-refractivity contribution in [2.75, 3.05) is 30.7 Å². The lowest BCUT2D eigenvalue weighted by atomic mass is 10.2. The van der Waals surface area contributed by atoms with Gasteiger partial charge in [0.1, 0.15) is 0 Å². The largest absolute Gasteiger partial charge is 0.397 e. The Bertz CT molecular complexity index is 500. The van der Waals surface area contributed by atoms with E-state index in [1.807, 2.05) is 0 Å². The number of nitrogens with two attached hydrogens (primary N) is 1. The fourth-order valence-corrected chi connectivity index (χ4v) is 2.77. The number of ether oxygens (including phenoxy) is 1. The van der Waals surface area contributed by atoms with Gasteiger partial charge in [-0.15, -0.1) is 0 Å². The van der Waals surface area contributed by atoms with E-state index in [2.05, 4.69) is 24.1 Å². The molecule has 1 aliphatic rings. The highest BCUT2D eigenvalue weighted by Gasteiger charge is 2.22. The number of anilines is 2. The number of carbonyl (C=O) groups is 1. The molecule has 0 bridgehead atoms. The van der Waals surface area contributed by atoms with Crippen LogP contribution >= 0.6 is 11.6 Å². The Kier molecular flexibility index (Phi) is 5.45. The summed E-state index contributed by atoms with van der Waals surface area (Å²) in [4.78, 5) is 14.3. The monoisotopic (exact) mass is 311 g/mol. The molecule has 5 nitrogen and oxygen atoms in total. The highest BCUT2D eigenvalue weighted by Crippen LogP contribution is 2.22. The van der Waals surface area contributed by atoms with Gasteiger partial charge in [-0.2, -0.15) is 0 Å². The van der Waals surface area contributed by atoms with Crippen LogP contribution < -0.4 is 11.1 Å². The van der Waals surface area contributed by atoms with E-state index >= 15 is 0 Å². The second-order valence-electron chi connectivity index (χ2n) is 5.55. The van der Waals surface area contributed by atoms with Crippen LogP contribution in [0, 0.1) is 0 Å². The summed E-state index contributed by atoms with van der Waals surface area (Å²) in [6.45, 7) is 6.55. The molecule has 0 aromatic heterocycles. The van der Waals surface area contributed by atoms with E-state index in [9.17, 15) is 4.79 Å². The summed E-state index contributed by atoms with van der Waals surface area (Å²) in [7, 11) is 0. The maximum Gasteiger partial charge on any atom is 0.225 e. The Morgan fingerprint density at radius 3 is 2.71 bits per heavy atom. The minimum atomic E-state index is -0.0455. The van der Waals surface area contributed by atoms with Crippen LogP contribution in [0.5, 0.6) is 0 Å². The van der Waals surface area contributed by atoms with E-state index < -0.39 is 0 Å². The molecule has 2 unspecified atom stereocenters. The third-order valence-electron chi connectivity index (χ3n) is 3.44. The van der Waals surface area contributed by atoms with Crippen LogP contribution in [0.1, 0.15) is 20.3 Å². The minimum absolute atomic E-state index is 0.0455. The van der Waals surface area contributed by atoms with Crippen LogP contribution in [-0.4, -0.2) is 42.6 Å². The van der Waals surface area contributed by atoms with Gasteiger partial charge < -0.3 is 15.8 Å². The number of nitrogen functional groups attached to an aromatic ring is 1. The molecule has 6 heteroatoms. The molecule has 1 heterocycles. The molecule has 1 saturated heterocycles. The third kappa shape index (κ3) is 4.88. The molecule has 1 fully saturated rings. The summed E-state index contributed by atoms with van der Waals surface area (Å²) in [6.07, 6.45) is 0.856. The lowest BCUT2D eigenvalue weighted by molar-refractivity contribution is -0.117. The maximum atomic E-state index is 12.0. The van der Waals surface area contributed by atoms with Crippen LogP contribution in [0.4, 0.5) is 11.4 Å². The van der Waals surface area contributed by atoms with Crippen molar-refractivity contribution in [3.63, 3.8) is 0 Å². The SMILES string of the molecule is CC1CN(CCC(=O)Nc2ccc(Cl)cc2N)CC(C)O1. The highest BCUT2D eigenvalue weighted by molar-refractivity contribution is 6.31. The first-order chi connectivity index (χ1) is 9.94. The van der Waals surface area contributed by atoms with Crippen molar-refractivity contribution < 1.29 is 9.53 Å². The Labute approximate surface area is 130 Å². The number of carbonyl (C=O) groups excluding carboxylic acids is 1. The van der Waals surface area contributed by atoms with Crippen molar-refractivity contribution in [3.05, 3.63) is 23.2 Å². The number of nitrogens with one attached hydrogen (secondary N) is 1. The summed E-state index contributed by atoms with van der Waals surface area (Å²) in [6, 6.07) is 5.05. The van der Waals surface area contributed by atoms with Crippen molar-refractivity contribution in [2.24, 2.45) is 0 Å². The number of rotatable bonds is 4. The summed E-state index contributed by atoms with van der Waals surface area (Å²) in [5.41, 5.74) is 6.90. The molecular weight excluding hydrogens is 290 g/mol. The molecule has 0 aliphatic carbocycles. The van der Waals surface area contributed by atoms with Crippen molar-refractivity contribution in [2.45, 2.75) is 32.5 Å². The fourth-order valence-electron chi connectivity index (χ4n) is 2.59. The van der Waals surface area contributed by atoms with Crippen LogP contribution in [0.3, 0.4) is 0 Å². The van der Waals surface area contributed by atoms with E-state index in [1.54, 1.807) is 18.2 Å². The third-order valence-corrected chi connectivity index (χ3v) is 3.67. The molecule has 1 amide bonds. The molecular formula is C15H22ClN3O2. The van der Waals surface area contributed by atoms with Gasteiger partial charge in [-0.25, -0.2) is 0 Å². The molecule has 1 aromatic rings. The van der Waals surface area contributed by atoms with Gasteiger partial charge in [0.25, 0.3) is 0 Å². The van der Waals surface area contributed by atoms with E-state index in [0.717, 1.165) is 19.6 Å². The van der Waals surface area contributed by atoms with E-state index in [4.69, 9.17) is 22.1 Å². The van der Waals surface area contributed by atoms with E-state index in [0.29, 0.717) is 22.8 Å². The molecule has 2 rings (SSSR count). The molecule has 1 aromatic carbocycles. The number of halogens is 1. The number of morpholine rings is 1.